The molecule has 7 aromatic carbocycles. The monoisotopic (exact) mass is 628 g/mol. The zero-order valence-electron chi connectivity index (χ0n) is 26.8. The highest BCUT2D eigenvalue weighted by Gasteiger charge is 2.24. The summed E-state index contributed by atoms with van der Waals surface area (Å²) in [5.41, 5.74) is 10.3. The molecule has 0 bridgehead atoms. The van der Waals surface area contributed by atoms with Crippen LogP contribution in [0.25, 0.3) is 56.4 Å². The molecule has 0 saturated carbocycles. The largest absolute Gasteiger partial charge is 0.309 e. The van der Waals surface area contributed by atoms with Gasteiger partial charge in [0.1, 0.15) is 0 Å². The summed E-state index contributed by atoms with van der Waals surface area (Å²) in [4.78, 5) is 17.6. The fourth-order valence-electron chi connectivity index (χ4n) is 6.18. The Hall–Kier alpha value is -6.65. The van der Waals surface area contributed by atoms with Crippen LogP contribution in [0.3, 0.4) is 0 Å². The van der Waals surface area contributed by atoms with Gasteiger partial charge in [0, 0.05) is 39.2 Å². The number of hydrogen-bond acceptors (Lipinski definition) is 4. The number of aromatic nitrogens is 3. The van der Waals surface area contributed by atoms with Crippen LogP contribution in [0.2, 0.25) is 0 Å². The first kappa shape index (κ1) is 29.7. The molecule has 0 aliphatic rings. The zero-order valence-corrected chi connectivity index (χ0v) is 26.8. The summed E-state index contributed by atoms with van der Waals surface area (Å²) in [6, 6.07) is 67.0. The van der Waals surface area contributed by atoms with Crippen molar-refractivity contribution in [2.75, 3.05) is 4.90 Å². The van der Waals surface area contributed by atoms with Gasteiger partial charge in [-0.25, -0.2) is 15.0 Å². The number of hydrogen-bond donors (Lipinski definition) is 0. The predicted molar refractivity (Wildman–Crippen MR) is 202 cm³/mol. The zero-order chi connectivity index (χ0) is 32.8. The Morgan fingerprint density at radius 1 is 0.286 bits per heavy atom. The van der Waals surface area contributed by atoms with Crippen LogP contribution in [0.1, 0.15) is 0 Å². The molecule has 0 saturated heterocycles. The fraction of sp³-hybridized carbons (Fsp3) is 0. The van der Waals surface area contributed by atoms with E-state index >= 15 is 0 Å². The summed E-state index contributed by atoms with van der Waals surface area (Å²) in [5.74, 6) is 1.87. The van der Waals surface area contributed by atoms with Gasteiger partial charge in [-0.3, -0.25) is 0 Å². The van der Waals surface area contributed by atoms with Crippen LogP contribution in [0, 0.1) is 0 Å². The molecule has 4 heteroatoms. The van der Waals surface area contributed by atoms with Gasteiger partial charge in [0.25, 0.3) is 0 Å². The van der Waals surface area contributed by atoms with E-state index in [4.69, 9.17) is 15.0 Å². The Bertz CT molecular complexity index is 2140. The molecule has 4 nitrogen and oxygen atoms in total. The van der Waals surface area contributed by atoms with Crippen molar-refractivity contribution >= 4 is 17.1 Å². The molecule has 0 unspecified atom stereocenters. The Morgan fingerprint density at radius 2 is 0.571 bits per heavy atom. The second kappa shape index (κ2) is 13.6. The minimum atomic E-state index is 0.611. The van der Waals surface area contributed by atoms with Crippen molar-refractivity contribution in [3.8, 4) is 56.4 Å². The fourth-order valence-corrected chi connectivity index (χ4v) is 6.18. The summed E-state index contributed by atoms with van der Waals surface area (Å²) in [6.07, 6.45) is 0. The van der Waals surface area contributed by atoms with Crippen LogP contribution >= 0.6 is 0 Å². The van der Waals surface area contributed by atoms with Crippen molar-refractivity contribution in [1.82, 2.24) is 15.0 Å². The van der Waals surface area contributed by atoms with E-state index in [0.29, 0.717) is 17.5 Å². The van der Waals surface area contributed by atoms with E-state index < -0.39 is 0 Å². The lowest BCUT2D eigenvalue weighted by Crippen LogP contribution is -2.13. The van der Waals surface area contributed by atoms with Crippen LogP contribution < -0.4 is 4.90 Å². The summed E-state index contributed by atoms with van der Waals surface area (Å²) in [5, 5.41) is 0. The number of para-hydroxylation sites is 2. The third kappa shape index (κ3) is 6.23. The molecule has 0 amide bonds. The third-order valence-corrected chi connectivity index (χ3v) is 8.49. The topological polar surface area (TPSA) is 41.9 Å². The summed E-state index contributed by atoms with van der Waals surface area (Å²) < 4.78 is 0. The molecule has 0 aliphatic carbocycles. The maximum Gasteiger partial charge on any atom is 0.164 e. The molecule has 1 aromatic heterocycles. The van der Waals surface area contributed by atoms with Crippen molar-refractivity contribution in [3.05, 3.63) is 194 Å². The molecule has 8 rings (SSSR count). The van der Waals surface area contributed by atoms with Crippen LogP contribution in [-0.2, 0) is 0 Å². The van der Waals surface area contributed by atoms with Gasteiger partial charge in [-0.05, 0) is 47.5 Å². The molecule has 0 atom stereocenters. The highest BCUT2D eigenvalue weighted by Crippen LogP contribution is 2.48. The Kier molecular flexibility index (Phi) is 8.25. The first-order valence-corrected chi connectivity index (χ1v) is 16.4. The molecular formula is C45H32N4. The quantitative estimate of drug-likeness (QED) is 0.168. The minimum absolute atomic E-state index is 0.611. The Morgan fingerprint density at radius 3 is 0.918 bits per heavy atom. The summed E-state index contributed by atoms with van der Waals surface area (Å²) >= 11 is 0. The molecule has 0 N–H and O–H groups in total. The van der Waals surface area contributed by atoms with Crippen molar-refractivity contribution in [3.63, 3.8) is 0 Å². The summed E-state index contributed by atoms with van der Waals surface area (Å²) in [7, 11) is 0. The lowest BCUT2D eigenvalue weighted by Gasteiger charge is -2.31. The molecule has 0 spiro atoms. The molecule has 0 fully saturated rings. The number of benzene rings is 7. The molecule has 1 heterocycles. The van der Waals surface area contributed by atoms with Gasteiger partial charge in [-0.1, -0.05) is 158 Å². The first-order chi connectivity index (χ1) is 24.3. The van der Waals surface area contributed by atoms with E-state index in [0.717, 1.165) is 56.0 Å². The van der Waals surface area contributed by atoms with Crippen molar-refractivity contribution in [2.24, 2.45) is 0 Å². The Balaban J connectivity index is 1.46. The molecule has 49 heavy (non-hydrogen) atoms. The van der Waals surface area contributed by atoms with Crippen LogP contribution in [-0.4, -0.2) is 15.0 Å². The highest BCUT2D eigenvalue weighted by molar-refractivity contribution is 5.99. The molecular weight excluding hydrogens is 597 g/mol. The maximum atomic E-state index is 5.12. The van der Waals surface area contributed by atoms with E-state index in [2.05, 4.69) is 138 Å². The SMILES string of the molecule is c1ccc(-c2nc(-c3ccccc3)nc(-c3cc(-c4ccccc4)c(N(c4ccccc4)c4ccccc4)c(-c4ccccc4)c3)n2)cc1. The van der Waals surface area contributed by atoms with Crippen LogP contribution in [0.5, 0.6) is 0 Å². The van der Waals surface area contributed by atoms with Gasteiger partial charge in [-0.15, -0.1) is 0 Å². The van der Waals surface area contributed by atoms with Crippen LogP contribution in [0.15, 0.2) is 194 Å². The average molecular weight is 629 g/mol. The van der Waals surface area contributed by atoms with E-state index in [1.807, 2.05) is 60.7 Å². The van der Waals surface area contributed by atoms with E-state index in [1.165, 1.54) is 0 Å². The van der Waals surface area contributed by atoms with E-state index in [1.54, 1.807) is 0 Å². The van der Waals surface area contributed by atoms with Crippen LogP contribution in [0.4, 0.5) is 17.1 Å². The maximum absolute atomic E-state index is 5.12. The number of nitrogens with zero attached hydrogens (tertiary/aromatic N) is 4. The second-order valence-electron chi connectivity index (χ2n) is 11.7. The summed E-state index contributed by atoms with van der Waals surface area (Å²) in [6.45, 7) is 0. The van der Waals surface area contributed by atoms with Gasteiger partial charge in [0.2, 0.25) is 0 Å². The van der Waals surface area contributed by atoms with Gasteiger partial charge >= 0.3 is 0 Å². The van der Waals surface area contributed by atoms with Crippen molar-refractivity contribution in [1.29, 1.82) is 0 Å². The van der Waals surface area contributed by atoms with Gasteiger partial charge in [0.05, 0.1) is 5.69 Å². The average Bonchev–Trinajstić information content (AvgIpc) is 3.20. The molecule has 0 radical (unpaired) electrons. The molecule has 232 valence electrons. The Labute approximate surface area is 286 Å². The predicted octanol–water partition coefficient (Wildman–Crippen LogP) is 11.7. The first-order valence-electron chi connectivity index (χ1n) is 16.4. The van der Waals surface area contributed by atoms with Crippen molar-refractivity contribution < 1.29 is 0 Å². The second-order valence-corrected chi connectivity index (χ2v) is 11.7. The lowest BCUT2D eigenvalue weighted by molar-refractivity contribution is 1.07. The third-order valence-electron chi connectivity index (χ3n) is 8.49. The standard InChI is InChI=1S/C45H32N4/c1-7-19-33(20-8-1)40-31-37(45-47-43(35-23-11-3-12-24-35)46-44(48-45)36-25-13-4-14-26-36)32-41(34-21-9-2-10-22-34)42(40)49(38-27-15-5-16-28-38)39-29-17-6-18-30-39/h1-32H. The van der Waals surface area contributed by atoms with Crippen molar-refractivity contribution in [2.45, 2.75) is 0 Å². The van der Waals surface area contributed by atoms with Gasteiger partial charge in [0.15, 0.2) is 17.5 Å². The van der Waals surface area contributed by atoms with E-state index in [9.17, 15) is 0 Å². The van der Waals surface area contributed by atoms with Gasteiger partial charge < -0.3 is 4.90 Å². The molecule has 0 aliphatic heterocycles. The number of rotatable bonds is 8. The lowest BCUT2D eigenvalue weighted by atomic mass is 9.91. The normalized spacial score (nSPS) is 10.9. The smallest absolute Gasteiger partial charge is 0.164 e. The van der Waals surface area contributed by atoms with E-state index in [-0.39, 0.29) is 0 Å². The minimum Gasteiger partial charge on any atom is -0.309 e. The highest BCUT2D eigenvalue weighted by atomic mass is 15.1. The van der Waals surface area contributed by atoms with Gasteiger partial charge in [-0.2, -0.15) is 0 Å². The molecule has 8 aromatic rings. The number of anilines is 3.